The summed E-state index contributed by atoms with van der Waals surface area (Å²) in [5.74, 6) is -1.64. The van der Waals surface area contributed by atoms with Crippen LogP contribution in [0.2, 0.25) is 0 Å². The first-order valence-corrected chi connectivity index (χ1v) is 10.2. The minimum atomic E-state index is -0.729. The molecule has 0 bridgehead atoms. The molecule has 1 aromatic rings. The average molecular weight is 429 g/mol. The number of hydrogen-bond acceptors (Lipinski definition) is 7. The summed E-state index contributed by atoms with van der Waals surface area (Å²) in [4.78, 5) is 55.1. The molecule has 2 aliphatic heterocycles. The van der Waals surface area contributed by atoms with E-state index in [1.165, 1.54) is 29.6 Å². The minimum absolute atomic E-state index is 0.00919. The lowest BCUT2D eigenvalue weighted by molar-refractivity contribution is -0.407. The Balaban J connectivity index is 1.71. The fraction of sp³-hybridized carbons (Fsp3) is 0.300. The molecule has 0 spiro atoms. The number of fused-ring (bicyclic) bond motifs is 1. The normalized spacial score (nSPS) is 18.2. The summed E-state index contributed by atoms with van der Waals surface area (Å²) in [6.45, 7) is 1.93. The van der Waals surface area contributed by atoms with Gasteiger partial charge >= 0.3 is 17.9 Å². The first-order chi connectivity index (χ1) is 14.3. The van der Waals surface area contributed by atoms with Crippen molar-refractivity contribution in [3.05, 3.63) is 40.8 Å². The van der Waals surface area contributed by atoms with Crippen LogP contribution in [0.15, 0.2) is 40.2 Å². The number of thioether (sulfide) groups is 1. The van der Waals surface area contributed by atoms with Crippen LogP contribution >= 0.6 is 11.8 Å². The molecule has 0 saturated heterocycles. The predicted molar refractivity (Wildman–Crippen MR) is 113 cm³/mol. The highest BCUT2D eigenvalue weighted by Gasteiger charge is 2.47. The van der Waals surface area contributed by atoms with Gasteiger partial charge in [-0.3, -0.25) is 9.59 Å². The Labute approximate surface area is 177 Å². The van der Waals surface area contributed by atoms with Crippen LogP contribution in [0, 0.1) is 5.92 Å². The molecule has 0 aliphatic carbocycles. The molecule has 2 heterocycles. The number of carbonyl (C=O) groups is 4. The zero-order chi connectivity index (χ0) is 21.8. The molecule has 0 aromatic heterocycles. The second kappa shape index (κ2) is 9.04. The van der Waals surface area contributed by atoms with Crippen LogP contribution in [0.25, 0.3) is 0 Å². The Bertz CT molecular complexity index is 1010. The Hall–Kier alpha value is -3.27. The molecule has 0 saturated carbocycles. The molecule has 2 aliphatic rings. The summed E-state index contributed by atoms with van der Waals surface area (Å²) < 4.78 is 6.33. The second-order valence-electron chi connectivity index (χ2n) is 6.48. The number of rotatable bonds is 6. The summed E-state index contributed by atoms with van der Waals surface area (Å²) in [6.07, 6.45) is 3.17. The molecule has 1 unspecified atom stereocenters. The van der Waals surface area contributed by atoms with E-state index in [0.717, 1.165) is 4.90 Å². The van der Waals surface area contributed by atoms with Crippen LogP contribution in [-0.2, 0) is 14.3 Å². The number of urea groups is 1. The van der Waals surface area contributed by atoms with Crippen molar-refractivity contribution in [2.24, 2.45) is 10.9 Å². The Morgan fingerprint density at radius 1 is 1.30 bits per heavy atom. The summed E-state index contributed by atoms with van der Waals surface area (Å²) in [7, 11) is 2.97. The molecule has 4 amide bonds. The third-order valence-electron chi connectivity index (χ3n) is 4.55. The standard InChI is InChI=1S/C20H20N4O5S/c1-4-29-19(27)12-7-5-6-8-13(12)22-15(25)11-30-14-9-10-21-17-16(14)18(26)24(3)20(28)23(17)2/h5-10,16H,4,11H2,1-3H3/p+1. The smallest absolute Gasteiger partial charge is 0.445 e. The van der Waals surface area contributed by atoms with Crippen molar-refractivity contribution in [2.75, 3.05) is 31.8 Å². The monoisotopic (exact) mass is 429 g/mol. The highest BCUT2D eigenvalue weighted by atomic mass is 32.2. The number of amidine groups is 1. The van der Waals surface area contributed by atoms with Crippen LogP contribution in [-0.4, -0.2) is 71.8 Å². The maximum Gasteiger partial charge on any atom is 0.445 e. The summed E-state index contributed by atoms with van der Waals surface area (Å²) in [5.41, 5.74) is 0.619. The van der Waals surface area contributed by atoms with Gasteiger partial charge in [0, 0.05) is 4.91 Å². The van der Waals surface area contributed by atoms with Gasteiger partial charge in [0.2, 0.25) is 5.91 Å². The van der Waals surface area contributed by atoms with Gasteiger partial charge in [0.05, 0.1) is 37.7 Å². The maximum atomic E-state index is 12.6. The highest BCUT2D eigenvalue weighted by Crippen LogP contribution is 2.31. The molecule has 1 aromatic carbocycles. The molecule has 0 fully saturated rings. The molecule has 0 radical (unpaired) electrons. The Kier molecular flexibility index (Phi) is 6.46. The number of ether oxygens (including phenoxy) is 1. The van der Waals surface area contributed by atoms with Gasteiger partial charge in [-0.15, -0.1) is 16.8 Å². The number of carbonyl (C=O) groups excluding carboxylic acids is 4. The number of imide groups is 1. The maximum absolute atomic E-state index is 12.6. The van der Waals surface area contributed by atoms with Crippen molar-refractivity contribution >= 4 is 53.3 Å². The van der Waals surface area contributed by atoms with Crippen molar-refractivity contribution < 1.29 is 28.5 Å². The zero-order valence-electron chi connectivity index (χ0n) is 16.7. The first-order valence-electron chi connectivity index (χ1n) is 9.20. The average Bonchev–Trinajstić information content (AvgIpc) is 2.75. The quantitative estimate of drug-likeness (QED) is 0.545. The van der Waals surface area contributed by atoms with Crippen LogP contribution < -0.4 is 5.32 Å². The molecule has 1 N–H and O–H groups in total. The van der Waals surface area contributed by atoms with Crippen LogP contribution in [0.3, 0.4) is 0 Å². The summed E-state index contributed by atoms with van der Waals surface area (Å²) in [6, 6.07) is 6.13. The largest absolute Gasteiger partial charge is 0.462 e. The molecule has 1 atom stereocenters. The van der Waals surface area contributed by atoms with E-state index < -0.39 is 23.8 Å². The summed E-state index contributed by atoms with van der Waals surface area (Å²) in [5, 5.41) is 2.71. The van der Waals surface area contributed by atoms with Crippen molar-refractivity contribution in [1.82, 2.24) is 4.90 Å². The number of para-hydroxylation sites is 1. The van der Waals surface area contributed by atoms with Crippen LogP contribution in [0.1, 0.15) is 17.3 Å². The van der Waals surface area contributed by atoms with Gasteiger partial charge in [-0.1, -0.05) is 12.1 Å². The van der Waals surface area contributed by atoms with E-state index in [0.29, 0.717) is 16.4 Å². The number of nitrogens with zero attached hydrogens (tertiary/aromatic N) is 3. The highest BCUT2D eigenvalue weighted by molar-refractivity contribution is 8.03. The lowest BCUT2D eigenvalue weighted by Crippen LogP contribution is -2.52. The van der Waals surface area contributed by atoms with E-state index in [9.17, 15) is 19.2 Å². The van der Waals surface area contributed by atoms with E-state index in [-0.39, 0.29) is 23.8 Å². The molecular formula is C20H21N4O5S+. The van der Waals surface area contributed by atoms with Gasteiger partial charge in [0.25, 0.3) is 5.84 Å². The third kappa shape index (κ3) is 4.18. The van der Waals surface area contributed by atoms with Crippen LogP contribution in [0.5, 0.6) is 0 Å². The predicted octanol–water partition coefficient (Wildman–Crippen LogP) is 1.75. The fourth-order valence-corrected chi connectivity index (χ4v) is 3.95. The number of benzene rings is 1. The van der Waals surface area contributed by atoms with Crippen molar-refractivity contribution in [3.8, 4) is 0 Å². The molecule has 9 nitrogen and oxygen atoms in total. The number of aliphatic imine (C=N–C) groups is 1. The third-order valence-corrected chi connectivity index (χ3v) is 5.66. The molecule has 10 heteroatoms. The number of dihydropyridines is 1. The van der Waals surface area contributed by atoms with Crippen molar-refractivity contribution in [3.63, 3.8) is 0 Å². The van der Waals surface area contributed by atoms with Crippen LogP contribution in [0.4, 0.5) is 10.5 Å². The zero-order valence-corrected chi connectivity index (χ0v) is 17.6. The Morgan fingerprint density at radius 2 is 2.03 bits per heavy atom. The van der Waals surface area contributed by atoms with E-state index in [4.69, 9.17) is 4.74 Å². The summed E-state index contributed by atoms with van der Waals surface area (Å²) >= 11 is 1.18. The van der Waals surface area contributed by atoms with Gasteiger partial charge in [-0.05, 0) is 25.1 Å². The molecule has 156 valence electrons. The van der Waals surface area contributed by atoms with Gasteiger partial charge < -0.3 is 10.1 Å². The van der Waals surface area contributed by atoms with E-state index in [2.05, 4.69) is 10.3 Å². The SMILES string of the molecule is CCOC(=O)c1ccccc1NC(=O)CSC1=CC=NC2=[N+](C)C(=O)N(C)C(=O)C12. The van der Waals surface area contributed by atoms with Gasteiger partial charge in [-0.25, -0.2) is 9.59 Å². The molecule has 3 rings (SSSR count). The number of esters is 1. The lowest BCUT2D eigenvalue weighted by atomic mass is 10.0. The van der Waals surface area contributed by atoms with E-state index in [1.54, 1.807) is 44.3 Å². The molecular weight excluding hydrogens is 408 g/mol. The van der Waals surface area contributed by atoms with Gasteiger partial charge in [0.15, 0.2) is 5.92 Å². The van der Waals surface area contributed by atoms with E-state index in [1.807, 2.05) is 0 Å². The molecule has 30 heavy (non-hydrogen) atoms. The number of anilines is 1. The topological polar surface area (TPSA) is 108 Å². The lowest BCUT2D eigenvalue weighted by Gasteiger charge is -2.26. The van der Waals surface area contributed by atoms with Crippen molar-refractivity contribution in [2.45, 2.75) is 6.92 Å². The van der Waals surface area contributed by atoms with Gasteiger partial charge in [-0.2, -0.15) is 9.48 Å². The second-order valence-corrected chi connectivity index (χ2v) is 7.53. The van der Waals surface area contributed by atoms with Crippen molar-refractivity contribution in [1.29, 1.82) is 0 Å². The van der Waals surface area contributed by atoms with Gasteiger partial charge in [0.1, 0.15) is 6.21 Å². The Morgan fingerprint density at radius 3 is 2.77 bits per heavy atom. The number of amides is 4. The number of hydrogen-bond donors (Lipinski definition) is 1. The minimum Gasteiger partial charge on any atom is -0.462 e. The fourth-order valence-electron chi connectivity index (χ4n) is 3.05. The van der Waals surface area contributed by atoms with E-state index >= 15 is 0 Å². The number of nitrogens with one attached hydrogen (secondary N) is 1. The number of allylic oxidation sites excluding steroid dienone is 1. The first kappa shape index (κ1) is 21.4.